The van der Waals surface area contributed by atoms with Gasteiger partial charge in [0.05, 0.1) is 10.7 Å². The molecular weight excluding hydrogens is 332 g/mol. The monoisotopic (exact) mass is 346 g/mol. The standard InChI is InChI=1S/C15H14N4O4S/c20-13(16-9-3-1-4-10(7-9)19(22)23)8-24-14-11-5-2-6-12(11)17-15(21)18-14/h1,3-4,7H,2,5-6,8H2,(H,16,20)(H,17,18,21). The van der Waals surface area contributed by atoms with Gasteiger partial charge in [0.2, 0.25) is 5.91 Å². The number of aryl methyl sites for hydroxylation is 1. The van der Waals surface area contributed by atoms with Crippen molar-refractivity contribution in [2.45, 2.75) is 24.3 Å². The van der Waals surface area contributed by atoms with E-state index in [1.165, 1.54) is 30.0 Å². The van der Waals surface area contributed by atoms with Crippen molar-refractivity contribution in [3.63, 3.8) is 0 Å². The Balaban J connectivity index is 1.66. The molecule has 9 heteroatoms. The first-order valence-electron chi connectivity index (χ1n) is 7.32. The number of rotatable bonds is 5. The van der Waals surface area contributed by atoms with Gasteiger partial charge in [-0.25, -0.2) is 4.79 Å². The summed E-state index contributed by atoms with van der Waals surface area (Å²) in [5.74, 6) is -0.236. The lowest BCUT2D eigenvalue weighted by Gasteiger charge is -2.07. The maximum atomic E-state index is 12.0. The van der Waals surface area contributed by atoms with E-state index in [-0.39, 0.29) is 17.3 Å². The van der Waals surface area contributed by atoms with Crippen LogP contribution in [0.25, 0.3) is 0 Å². The van der Waals surface area contributed by atoms with Gasteiger partial charge < -0.3 is 10.3 Å². The van der Waals surface area contributed by atoms with Crippen LogP contribution in [0.2, 0.25) is 0 Å². The van der Waals surface area contributed by atoms with Crippen molar-refractivity contribution in [2.75, 3.05) is 11.1 Å². The molecule has 2 N–H and O–H groups in total. The average Bonchev–Trinajstić information content (AvgIpc) is 3.01. The number of hydrogen-bond acceptors (Lipinski definition) is 6. The number of H-pyrrole nitrogens is 1. The van der Waals surface area contributed by atoms with Crippen LogP contribution in [0.5, 0.6) is 0 Å². The number of carbonyl (C=O) groups excluding carboxylic acids is 1. The van der Waals surface area contributed by atoms with Crippen LogP contribution in [0, 0.1) is 10.1 Å². The van der Waals surface area contributed by atoms with Crippen molar-refractivity contribution >= 4 is 29.0 Å². The zero-order valence-corrected chi connectivity index (χ0v) is 13.4. The van der Waals surface area contributed by atoms with E-state index >= 15 is 0 Å². The van der Waals surface area contributed by atoms with Gasteiger partial charge in [0.1, 0.15) is 5.03 Å². The summed E-state index contributed by atoms with van der Waals surface area (Å²) in [5, 5.41) is 13.9. The van der Waals surface area contributed by atoms with Gasteiger partial charge in [-0.2, -0.15) is 4.98 Å². The zero-order chi connectivity index (χ0) is 17.1. The Labute approximate surface area is 140 Å². The lowest BCUT2D eigenvalue weighted by atomic mass is 10.3. The fourth-order valence-corrected chi connectivity index (χ4v) is 3.47. The smallest absolute Gasteiger partial charge is 0.325 e. The molecule has 24 heavy (non-hydrogen) atoms. The Morgan fingerprint density at radius 1 is 1.42 bits per heavy atom. The molecule has 1 heterocycles. The van der Waals surface area contributed by atoms with Crippen LogP contribution in [-0.4, -0.2) is 26.6 Å². The molecule has 0 unspecified atom stereocenters. The minimum atomic E-state index is -0.520. The third kappa shape index (κ3) is 3.62. The number of fused-ring (bicyclic) bond motifs is 1. The van der Waals surface area contributed by atoms with E-state index in [0.29, 0.717) is 10.7 Å². The predicted molar refractivity (Wildman–Crippen MR) is 89.3 cm³/mol. The molecule has 124 valence electrons. The molecule has 8 nitrogen and oxygen atoms in total. The van der Waals surface area contributed by atoms with Crippen molar-refractivity contribution in [3.8, 4) is 0 Å². The summed E-state index contributed by atoms with van der Waals surface area (Å²) in [7, 11) is 0. The summed E-state index contributed by atoms with van der Waals surface area (Å²) >= 11 is 1.20. The van der Waals surface area contributed by atoms with Crippen LogP contribution < -0.4 is 11.0 Å². The van der Waals surface area contributed by atoms with Gasteiger partial charge in [0.25, 0.3) is 5.69 Å². The van der Waals surface area contributed by atoms with Gasteiger partial charge in [0.15, 0.2) is 0 Å². The highest BCUT2D eigenvalue weighted by Crippen LogP contribution is 2.27. The van der Waals surface area contributed by atoms with E-state index < -0.39 is 10.6 Å². The van der Waals surface area contributed by atoms with Gasteiger partial charge in [-0.1, -0.05) is 17.8 Å². The van der Waals surface area contributed by atoms with Crippen LogP contribution in [0.3, 0.4) is 0 Å². The van der Waals surface area contributed by atoms with Crippen molar-refractivity contribution in [3.05, 3.63) is 56.1 Å². The van der Waals surface area contributed by atoms with Gasteiger partial charge in [-0.3, -0.25) is 14.9 Å². The highest BCUT2D eigenvalue weighted by molar-refractivity contribution is 8.00. The molecule has 0 radical (unpaired) electrons. The molecule has 0 aliphatic heterocycles. The highest BCUT2D eigenvalue weighted by Gasteiger charge is 2.19. The Morgan fingerprint density at radius 2 is 2.25 bits per heavy atom. The van der Waals surface area contributed by atoms with Gasteiger partial charge in [-0.05, 0) is 25.3 Å². The summed E-state index contributed by atoms with van der Waals surface area (Å²) in [5.41, 5.74) is 1.77. The number of hydrogen-bond donors (Lipinski definition) is 2. The molecular formula is C15H14N4O4S. The van der Waals surface area contributed by atoms with E-state index in [9.17, 15) is 19.7 Å². The number of nitrogens with one attached hydrogen (secondary N) is 2. The number of nitrogens with zero attached hydrogens (tertiary/aromatic N) is 2. The average molecular weight is 346 g/mol. The molecule has 0 bridgehead atoms. The molecule has 3 rings (SSSR count). The number of anilines is 1. The minimum absolute atomic E-state index is 0.0750. The first-order valence-corrected chi connectivity index (χ1v) is 8.30. The molecule has 0 saturated heterocycles. The number of non-ortho nitro benzene ring substituents is 1. The number of nitro benzene ring substituents is 1. The molecule has 0 spiro atoms. The summed E-state index contributed by atoms with van der Waals surface area (Å²) < 4.78 is 0. The molecule has 1 aromatic carbocycles. The maximum Gasteiger partial charge on any atom is 0.346 e. The summed E-state index contributed by atoms with van der Waals surface area (Å²) in [4.78, 5) is 40.5. The molecule has 0 fully saturated rings. The Hall–Kier alpha value is -2.68. The normalized spacial score (nSPS) is 12.7. The fraction of sp³-hybridized carbons (Fsp3) is 0.267. The van der Waals surface area contributed by atoms with Crippen molar-refractivity contribution in [1.29, 1.82) is 0 Å². The quantitative estimate of drug-likeness (QED) is 0.369. The van der Waals surface area contributed by atoms with E-state index in [1.54, 1.807) is 6.07 Å². The third-order valence-corrected chi connectivity index (χ3v) is 4.64. The molecule has 2 aromatic rings. The van der Waals surface area contributed by atoms with Crippen LogP contribution in [0.1, 0.15) is 17.7 Å². The number of thioether (sulfide) groups is 1. The lowest BCUT2D eigenvalue weighted by molar-refractivity contribution is -0.384. The van der Waals surface area contributed by atoms with E-state index in [1.807, 2.05) is 0 Å². The number of nitro groups is 1. The molecule has 0 atom stereocenters. The van der Waals surface area contributed by atoms with Gasteiger partial charge in [-0.15, -0.1) is 0 Å². The lowest BCUT2D eigenvalue weighted by Crippen LogP contribution is -2.17. The highest BCUT2D eigenvalue weighted by atomic mass is 32.2. The minimum Gasteiger partial charge on any atom is -0.325 e. The van der Waals surface area contributed by atoms with Crippen LogP contribution in [0.15, 0.2) is 34.1 Å². The molecule has 1 aliphatic carbocycles. The van der Waals surface area contributed by atoms with Crippen LogP contribution in [-0.2, 0) is 17.6 Å². The molecule has 1 aromatic heterocycles. The number of amides is 1. The number of aromatic nitrogens is 2. The Morgan fingerprint density at radius 3 is 3.04 bits per heavy atom. The van der Waals surface area contributed by atoms with Crippen molar-refractivity contribution < 1.29 is 9.72 Å². The van der Waals surface area contributed by atoms with Crippen molar-refractivity contribution in [2.24, 2.45) is 0 Å². The fourth-order valence-electron chi connectivity index (χ4n) is 2.58. The van der Waals surface area contributed by atoms with Crippen LogP contribution >= 0.6 is 11.8 Å². The summed E-state index contributed by atoms with van der Waals surface area (Å²) in [6.07, 6.45) is 2.62. The molecule has 1 amide bonds. The topological polar surface area (TPSA) is 118 Å². The maximum absolute atomic E-state index is 12.0. The second-order valence-electron chi connectivity index (χ2n) is 5.30. The van der Waals surface area contributed by atoms with Crippen LogP contribution in [0.4, 0.5) is 11.4 Å². The van der Waals surface area contributed by atoms with E-state index in [0.717, 1.165) is 30.5 Å². The second kappa shape index (κ2) is 6.83. The van der Waals surface area contributed by atoms with Crippen molar-refractivity contribution in [1.82, 2.24) is 9.97 Å². The van der Waals surface area contributed by atoms with E-state index in [4.69, 9.17) is 0 Å². The Bertz CT molecular complexity index is 865. The summed E-state index contributed by atoms with van der Waals surface area (Å²) in [6, 6.07) is 5.74. The third-order valence-electron chi connectivity index (χ3n) is 3.62. The SMILES string of the molecule is O=C(CSc1nc(=O)[nH]c2c1CCC2)Nc1cccc([N+](=O)[O-])c1. The number of benzene rings is 1. The number of carbonyl (C=O) groups is 1. The zero-order valence-electron chi connectivity index (χ0n) is 12.6. The second-order valence-corrected chi connectivity index (χ2v) is 6.27. The largest absolute Gasteiger partial charge is 0.346 e. The van der Waals surface area contributed by atoms with Gasteiger partial charge >= 0.3 is 5.69 Å². The molecule has 0 saturated carbocycles. The first kappa shape index (κ1) is 16.2. The van der Waals surface area contributed by atoms with E-state index in [2.05, 4.69) is 15.3 Å². The Kier molecular flexibility index (Phi) is 4.61. The summed E-state index contributed by atoms with van der Waals surface area (Å²) in [6.45, 7) is 0. The van der Waals surface area contributed by atoms with Gasteiger partial charge in [0, 0.05) is 29.1 Å². The first-order chi connectivity index (χ1) is 11.5. The number of aromatic amines is 1. The predicted octanol–water partition coefficient (Wildman–Crippen LogP) is 1.90. The molecule has 1 aliphatic rings.